The molecule has 0 saturated carbocycles. The molecule has 0 atom stereocenters. The van der Waals surface area contributed by atoms with Gasteiger partial charge < -0.3 is 10.1 Å². The Balaban J connectivity index is 2.41. The molecule has 0 bridgehead atoms. The van der Waals surface area contributed by atoms with Crippen molar-refractivity contribution in [1.82, 2.24) is 9.55 Å². The van der Waals surface area contributed by atoms with Crippen molar-refractivity contribution in [3.05, 3.63) is 49.1 Å². The average Bonchev–Trinajstić information content (AvgIpc) is 2.85. The highest BCUT2D eigenvalue weighted by atomic mass is 19.1. The van der Waals surface area contributed by atoms with E-state index in [0.717, 1.165) is 0 Å². The molecule has 1 aromatic carbocycles. The zero-order valence-electron chi connectivity index (χ0n) is 10.1. The van der Waals surface area contributed by atoms with Gasteiger partial charge in [-0.2, -0.15) is 0 Å². The quantitative estimate of drug-likeness (QED) is 0.825. The van der Waals surface area contributed by atoms with E-state index < -0.39 is 0 Å². The van der Waals surface area contributed by atoms with Crippen molar-refractivity contribution in [2.75, 3.05) is 19.0 Å². The first-order valence-electron chi connectivity index (χ1n) is 5.48. The van der Waals surface area contributed by atoms with Crippen LogP contribution in [-0.2, 0) is 0 Å². The summed E-state index contributed by atoms with van der Waals surface area (Å²) in [6.07, 6.45) is 4.99. The van der Waals surface area contributed by atoms with Crippen LogP contribution in [-0.4, -0.2) is 23.2 Å². The Hall–Kier alpha value is -2.30. The van der Waals surface area contributed by atoms with Gasteiger partial charge >= 0.3 is 0 Å². The highest BCUT2D eigenvalue weighted by molar-refractivity contribution is 5.46. The van der Waals surface area contributed by atoms with Gasteiger partial charge in [-0.05, 0) is 12.1 Å². The van der Waals surface area contributed by atoms with Crippen LogP contribution in [0.25, 0.3) is 5.69 Å². The number of benzene rings is 1. The van der Waals surface area contributed by atoms with Gasteiger partial charge in [-0.15, -0.1) is 6.58 Å². The Labute approximate surface area is 105 Å². The van der Waals surface area contributed by atoms with E-state index in [9.17, 15) is 4.39 Å². The Bertz CT molecular complexity index is 551. The minimum absolute atomic E-state index is 0.338. The van der Waals surface area contributed by atoms with Crippen LogP contribution in [0.4, 0.5) is 10.3 Å². The van der Waals surface area contributed by atoms with Crippen LogP contribution in [0.3, 0.4) is 0 Å². The van der Waals surface area contributed by atoms with Gasteiger partial charge in [0, 0.05) is 25.0 Å². The summed E-state index contributed by atoms with van der Waals surface area (Å²) in [4.78, 5) is 4.12. The maximum atomic E-state index is 13.8. The van der Waals surface area contributed by atoms with Gasteiger partial charge in [0.15, 0.2) is 0 Å². The summed E-state index contributed by atoms with van der Waals surface area (Å²) in [5.41, 5.74) is 0.387. The number of ether oxygens (including phenoxy) is 1. The van der Waals surface area contributed by atoms with Crippen molar-refractivity contribution in [3.8, 4) is 11.4 Å². The van der Waals surface area contributed by atoms with E-state index in [1.54, 1.807) is 42.3 Å². The molecule has 1 heterocycles. The Kier molecular flexibility index (Phi) is 3.62. The Morgan fingerprint density at radius 1 is 1.56 bits per heavy atom. The van der Waals surface area contributed by atoms with E-state index >= 15 is 0 Å². The van der Waals surface area contributed by atoms with Crippen LogP contribution < -0.4 is 10.1 Å². The van der Waals surface area contributed by atoms with E-state index in [0.29, 0.717) is 23.9 Å². The van der Waals surface area contributed by atoms with Gasteiger partial charge in [-0.25, -0.2) is 9.37 Å². The molecule has 0 spiro atoms. The lowest BCUT2D eigenvalue weighted by Gasteiger charge is -2.10. The molecule has 0 unspecified atom stereocenters. The van der Waals surface area contributed by atoms with E-state index in [1.165, 1.54) is 6.07 Å². The smallest absolute Gasteiger partial charge is 0.207 e. The third-order valence-electron chi connectivity index (χ3n) is 2.46. The minimum atomic E-state index is -0.338. The lowest BCUT2D eigenvalue weighted by Crippen LogP contribution is -2.07. The minimum Gasteiger partial charge on any atom is -0.497 e. The predicted octanol–water partition coefficient (Wildman–Crippen LogP) is 2.62. The predicted molar refractivity (Wildman–Crippen MR) is 68.8 cm³/mol. The van der Waals surface area contributed by atoms with Crippen LogP contribution in [0.2, 0.25) is 0 Å². The largest absolute Gasteiger partial charge is 0.497 e. The monoisotopic (exact) mass is 247 g/mol. The number of nitrogens with zero attached hydrogens (tertiary/aromatic N) is 2. The van der Waals surface area contributed by atoms with Crippen molar-refractivity contribution in [3.63, 3.8) is 0 Å². The summed E-state index contributed by atoms with van der Waals surface area (Å²) in [6.45, 7) is 4.17. The van der Waals surface area contributed by atoms with Gasteiger partial charge in [-0.1, -0.05) is 6.08 Å². The zero-order valence-corrected chi connectivity index (χ0v) is 10.1. The number of anilines is 1. The normalized spacial score (nSPS) is 10.1. The second-order valence-corrected chi connectivity index (χ2v) is 3.61. The molecule has 0 fully saturated rings. The molecule has 94 valence electrons. The third-order valence-corrected chi connectivity index (χ3v) is 2.46. The summed E-state index contributed by atoms with van der Waals surface area (Å²) in [5.74, 6) is 0.812. The van der Waals surface area contributed by atoms with Gasteiger partial charge in [0.1, 0.15) is 11.6 Å². The molecular formula is C13H14FN3O. The SMILES string of the molecule is C=CCNc1nccn1-c1cc(OC)ccc1F. The maximum Gasteiger partial charge on any atom is 0.207 e. The number of hydrogen-bond acceptors (Lipinski definition) is 3. The zero-order chi connectivity index (χ0) is 13.0. The molecule has 0 aliphatic heterocycles. The fourth-order valence-electron chi connectivity index (χ4n) is 1.60. The summed E-state index contributed by atoms with van der Waals surface area (Å²) >= 11 is 0. The Morgan fingerprint density at radius 2 is 2.39 bits per heavy atom. The van der Waals surface area contributed by atoms with Crippen LogP contribution in [0.5, 0.6) is 5.75 Å². The number of aromatic nitrogens is 2. The topological polar surface area (TPSA) is 39.1 Å². The van der Waals surface area contributed by atoms with Crippen molar-refractivity contribution in [2.45, 2.75) is 0 Å². The van der Waals surface area contributed by atoms with Crippen molar-refractivity contribution in [1.29, 1.82) is 0 Å². The fourth-order valence-corrected chi connectivity index (χ4v) is 1.60. The van der Waals surface area contributed by atoms with Crippen molar-refractivity contribution in [2.24, 2.45) is 0 Å². The molecule has 1 aromatic heterocycles. The van der Waals surface area contributed by atoms with E-state index in [4.69, 9.17) is 4.74 Å². The lowest BCUT2D eigenvalue weighted by atomic mass is 10.3. The fraction of sp³-hybridized carbons (Fsp3) is 0.154. The Morgan fingerprint density at radius 3 is 3.11 bits per heavy atom. The summed E-state index contributed by atoms with van der Waals surface area (Å²) < 4.78 is 20.5. The van der Waals surface area contributed by atoms with Crippen molar-refractivity contribution < 1.29 is 9.13 Å². The first-order chi connectivity index (χ1) is 8.76. The number of methoxy groups -OCH3 is 1. The van der Waals surface area contributed by atoms with Crippen LogP contribution >= 0.6 is 0 Å². The molecule has 18 heavy (non-hydrogen) atoms. The van der Waals surface area contributed by atoms with Crippen LogP contribution in [0.1, 0.15) is 0 Å². The average molecular weight is 247 g/mol. The molecule has 0 aliphatic carbocycles. The third kappa shape index (κ3) is 2.34. The van der Waals surface area contributed by atoms with Gasteiger partial charge in [0.25, 0.3) is 0 Å². The van der Waals surface area contributed by atoms with Crippen molar-refractivity contribution >= 4 is 5.95 Å². The highest BCUT2D eigenvalue weighted by Crippen LogP contribution is 2.22. The molecule has 2 rings (SSSR count). The standard InChI is InChI=1S/C13H14FN3O/c1-3-6-15-13-16-7-8-17(13)12-9-10(18-2)4-5-11(12)14/h3-5,7-9H,1,6H2,2H3,(H,15,16). The van der Waals surface area contributed by atoms with E-state index in [2.05, 4.69) is 16.9 Å². The summed E-state index contributed by atoms with van der Waals surface area (Å²) in [6, 6.07) is 4.56. The number of imidazole rings is 1. The molecule has 0 saturated heterocycles. The summed E-state index contributed by atoms with van der Waals surface area (Å²) in [5, 5.41) is 3.03. The lowest BCUT2D eigenvalue weighted by molar-refractivity contribution is 0.413. The molecule has 2 aromatic rings. The number of nitrogens with one attached hydrogen (secondary N) is 1. The van der Waals surface area contributed by atoms with Gasteiger partial charge in [0.2, 0.25) is 5.95 Å². The molecule has 1 N–H and O–H groups in total. The molecule has 4 nitrogen and oxygen atoms in total. The van der Waals surface area contributed by atoms with E-state index in [1.807, 2.05) is 0 Å². The molecule has 0 radical (unpaired) electrons. The number of halogens is 1. The molecule has 0 amide bonds. The number of rotatable bonds is 5. The second kappa shape index (κ2) is 5.35. The number of hydrogen-bond donors (Lipinski definition) is 1. The highest BCUT2D eigenvalue weighted by Gasteiger charge is 2.10. The van der Waals surface area contributed by atoms with Gasteiger partial charge in [-0.3, -0.25) is 4.57 Å². The second-order valence-electron chi connectivity index (χ2n) is 3.61. The van der Waals surface area contributed by atoms with Gasteiger partial charge in [0.05, 0.1) is 12.8 Å². The molecule has 5 heteroatoms. The first-order valence-corrected chi connectivity index (χ1v) is 5.48. The molecular weight excluding hydrogens is 233 g/mol. The van der Waals surface area contributed by atoms with Crippen LogP contribution in [0.15, 0.2) is 43.2 Å². The first kappa shape index (κ1) is 12.2. The maximum absolute atomic E-state index is 13.8. The van der Waals surface area contributed by atoms with Crippen LogP contribution in [0, 0.1) is 5.82 Å². The van der Waals surface area contributed by atoms with E-state index in [-0.39, 0.29) is 5.82 Å². The summed E-state index contributed by atoms with van der Waals surface area (Å²) in [7, 11) is 1.54. The molecule has 0 aliphatic rings.